The average Bonchev–Trinajstić information content (AvgIpc) is 3.31. The van der Waals surface area contributed by atoms with Crippen molar-refractivity contribution in [3.8, 4) is 11.1 Å². The van der Waals surface area contributed by atoms with E-state index < -0.39 is 5.97 Å². The van der Waals surface area contributed by atoms with Crippen molar-refractivity contribution in [1.29, 1.82) is 0 Å². The highest BCUT2D eigenvalue weighted by atomic mass is 32.2. The van der Waals surface area contributed by atoms with Crippen LogP contribution in [0.25, 0.3) is 11.1 Å². The lowest BCUT2D eigenvalue weighted by atomic mass is 10.0. The van der Waals surface area contributed by atoms with Gasteiger partial charge in [0.05, 0.1) is 12.4 Å². The van der Waals surface area contributed by atoms with Crippen LogP contribution in [0.1, 0.15) is 47.6 Å². The Bertz CT molecular complexity index is 1070. The SMILES string of the molecule is CCOC(=O)c1c(NC(=O)CSc2nncn2C(C)C)sc(C)c1-c1ccc(C)cc1. The standard InChI is InChI=1S/C22H26N4O3S2/c1-6-29-21(28)19-18(16-9-7-14(4)8-10-16)15(5)31-20(19)24-17(27)11-30-22-25-23-12-26(22)13(2)3/h7-10,12-13H,6,11H2,1-5H3,(H,24,27). The number of esters is 1. The molecule has 0 atom stereocenters. The minimum absolute atomic E-state index is 0.157. The first-order valence-corrected chi connectivity index (χ1v) is 11.8. The topological polar surface area (TPSA) is 86.1 Å². The molecule has 3 aromatic rings. The van der Waals surface area contributed by atoms with Crippen LogP contribution in [-0.2, 0) is 9.53 Å². The van der Waals surface area contributed by atoms with E-state index in [1.807, 2.05) is 56.5 Å². The van der Waals surface area contributed by atoms with Crippen molar-refractivity contribution in [2.75, 3.05) is 17.7 Å². The van der Waals surface area contributed by atoms with Crippen LogP contribution in [0.4, 0.5) is 5.00 Å². The van der Waals surface area contributed by atoms with Crippen molar-refractivity contribution in [2.45, 2.75) is 45.8 Å². The number of thioether (sulfide) groups is 1. The molecule has 2 heterocycles. The Labute approximate surface area is 190 Å². The molecule has 9 heteroatoms. The van der Waals surface area contributed by atoms with Crippen molar-refractivity contribution in [2.24, 2.45) is 0 Å². The largest absolute Gasteiger partial charge is 0.462 e. The monoisotopic (exact) mass is 458 g/mol. The molecule has 0 spiro atoms. The third-order valence-electron chi connectivity index (χ3n) is 4.59. The summed E-state index contributed by atoms with van der Waals surface area (Å²) in [6.45, 7) is 10.0. The lowest BCUT2D eigenvalue weighted by Crippen LogP contribution is -2.17. The molecule has 31 heavy (non-hydrogen) atoms. The van der Waals surface area contributed by atoms with E-state index in [1.54, 1.807) is 13.3 Å². The predicted molar refractivity (Wildman–Crippen MR) is 125 cm³/mol. The highest BCUT2D eigenvalue weighted by Crippen LogP contribution is 2.40. The van der Waals surface area contributed by atoms with Crippen LogP contribution in [0.3, 0.4) is 0 Å². The Kier molecular flexibility index (Phi) is 7.50. The second-order valence-electron chi connectivity index (χ2n) is 7.28. The van der Waals surface area contributed by atoms with Gasteiger partial charge in [-0.15, -0.1) is 21.5 Å². The molecule has 164 valence electrons. The smallest absolute Gasteiger partial charge is 0.341 e. The second-order valence-corrected chi connectivity index (χ2v) is 9.44. The van der Waals surface area contributed by atoms with E-state index in [4.69, 9.17) is 4.74 Å². The van der Waals surface area contributed by atoms with E-state index >= 15 is 0 Å². The Hall–Kier alpha value is -2.65. The number of amides is 1. The van der Waals surface area contributed by atoms with Crippen molar-refractivity contribution >= 4 is 40.0 Å². The lowest BCUT2D eigenvalue weighted by Gasteiger charge is -2.10. The number of carbonyl (C=O) groups excluding carboxylic acids is 2. The van der Waals surface area contributed by atoms with Crippen molar-refractivity contribution in [3.05, 3.63) is 46.6 Å². The number of hydrogen-bond donors (Lipinski definition) is 1. The number of thiophene rings is 1. The molecule has 0 saturated carbocycles. The minimum Gasteiger partial charge on any atom is -0.462 e. The Morgan fingerprint density at radius 3 is 2.58 bits per heavy atom. The van der Waals surface area contributed by atoms with Crippen LogP contribution in [0.5, 0.6) is 0 Å². The highest BCUT2D eigenvalue weighted by molar-refractivity contribution is 7.99. The van der Waals surface area contributed by atoms with Gasteiger partial charge in [0.15, 0.2) is 5.16 Å². The van der Waals surface area contributed by atoms with Crippen molar-refractivity contribution in [1.82, 2.24) is 14.8 Å². The first-order chi connectivity index (χ1) is 14.8. The zero-order valence-corrected chi connectivity index (χ0v) is 19.9. The van der Waals surface area contributed by atoms with Gasteiger partial charge in [-0.3, -0.25) is 4.79 Å². The third kappa shape index (κ3) is 5.34. The molecule has 0 unspecified atom stereocenters. The van der Waals surface area contributed by atoms with E-state index in [1.165, 1.54) is 23.1 Å². The number of aromatic nitrogens is 3. The van der Waals surface area contributed by atoms with E-state index in [2.05, 4.69) is 15.5 Å². The molecule has 1 amide bonds. The van der Waals surface area contributed by atoms with Gasteiger partial charge in [-0.1, -0.05) is 41.6 Å². The molecule has 0 fully saturated rings. The maximum absolute atomic E-state index is 12.8. The maximum atomic E-state index is 12.8. The molecule has 7 nitrogen and oxygen atoms in total. The number of nitrogens with one attached hydrogen (secondary N) is 1. The fraction of sp³-hybridized carbons (Fsp3) is 0.364. The molecule has 0 bridgehead atoms. The molecule has 0 aliphatic carbocycles. The van der Waals surface area contributed by atoms with Crippen molar-refractivity contribution in [3.63, 3.8) is 0 Å². The van der Waals surface area contributed by atoms with Gasteiger partial charge in [-0.2, -0.15) is 0 Å². The molecular weight excluding hydrogens is 432 g/mol. The Morgan fingerprint density at radius 2 is 1.94 bits per heavy atom. The number of rotatable bonds is 8. The summed E-state index contributed by atoms with van der Waals surface area (Å²) in [5.74, 6) is -0.500. The number of ether oxygens (including phenoxy) is 1. The molecule has 0 aliphatic rings. The number of nitrogens with zero attached hydrogens (tertiary/aromatic N) is 3. The zero-order chi connectivity index (χ0) is 22.5. The zero-order valence-electron chi connectivity index (χ0n) is 18.3. The molecule has 0 radical (unpaired) electrons. The van der Waals surface area contributed by atoms with Gasteiger partial charge < -0.3 is 14.6 Å². The number of anilines is 1. The van der Waals surface area contributed by atoms with Crippen molar-refractivity contribution < 1.29 is 14.3 Å². The first-order valence-electron chi connectivity index (χ1n) is 10.0. The Balaban J connectivity index is 1.85. The Morgan fingerprint density at radius 1 is 1.23 bits per heavy atom. The number of carbonyl (C=O) groups is 2. The van der Waals surface area contributed by atoms with Gasteiger partial charge in [0.25, 0.3) is 0 Å². The second kappa shape index (κ2) is 10.1. The summed E-state index contributed by atoms with van der Waals surface area (Å²) >= 11 is 2.69. The number of benzene rings is 1. The quantitative estimate of drug-likeness (QED) is 0.373. The molecule has 0 saturated heterocycles. The van der Waals surface area contributed by atoms with Crippen LogP contribution in [0.2, 0.25) is 0 Å². The molecule has 2 aromatic heterocycles. The minimum atomic E-state index is -0.440. The third-order valence-corrected chi connectivity index (χ3v) is 6.56. The van der Waals surface area contributed by atoms with Crippen LogP contribution in [0, 0.1) is 13.8 Å². The fourth-order valence-electron chi connectivity index (χ4n) is 3.08. The highest BCUT2D eigenvalue weighted by Gasteiger charge is 2.25. The fourth-order valence-corrected chi connectivity index (χ4v) is 5.01. The summed E-state index contributed by atoms with van der Waals surface area (Å²) in [5.41, 5.74) is 3.25. The average molecular weight is 459 g/mol. The summed E-state index contributed by atoms with van der Waals surface area (Å²) in [6.07, 6.45) is 1.65. The van der Waals surface area contributed by atoms with Crippen LogP contribution in [-0.4, -0.2) is 39.0 Å². The molecule has 3 rings (SSSR count). The molecular formula is C22H26N4O3S2. The van der Waals surface area contributed by atoms with E-state index in [-0.39, 0.29) is 24.3 Å². The van der Waals surface area contributed by atoms with E-state index in [0.717, 1.165) is 21.6 Å². The van der Waals surface area contributed by atoms with Gasteiger partial charge in [0.1, 0.15) is 16.9 Å². The van der Waals surface area contributed by atoms with Gasteiger partial charge >= 0.3 is 5.97 Å². The summed E-state index contributed by atoms with van der Waals surface area (Å²) in [5, 5.41) is 12.1. The van der Waals surface area contributed by atoms with Crippen LogP contribution >= 0.6 is 23.1 Å². The first kappa shape index (κ1) is 23.0. The summed E-state index contributed by atoms with van der Waals surface area (Å²) in [7, 11) is 0. The van der Waals surface area contributed by atoms with Gasteiger partial charge in [0.2, 0.25) is 5.91 Å². The lowest BCUT2D eigenvalue weighted by molar-refractivity contribution is -0.113. The summed E-state index contributed by atoms with van der Waals surface area (Å²) in [6, 6.07) is 8.16. The van der Waals surface area contributed by atoms with Crippen LogP contribution in [0.15, 0.2) is 35.7 Å². The summed E-state index contributed by atoms with van der Waals surface area (Å²) in [4.78, 5) is 26.4. The number of aryl methyl sites for hydroxylation is 2. The molecule has 1 aromatic carbocycles. The number of hydrogen-bond acceptors (Lipinski definition) is 7. The van der Waals surface area contributed by atoms with Gasteiger partial charge in [-0.05, 0) is 40.2 Å². The van der Waals surface area contributed by atoms with Gasteiger partial charge in [-0.25, -0.2) is 4.79 Å². The summed E-state index contributed by atoms with van der Waals surface area (Å²) < 4.78 is 7.21. The molecule has 0 aliphatic heterocycles. The molecule has 1 N–H and O–H groups in total. The predicted octanol–water partition coefficient (Wildman–Crippen LogP) is 5.11. The normalized spacial score (nSPS) is 11.0. The van der Waals surface area contributed by atoms with Crippen LogP contribution < -0.4 is 5.32 Å². The van der Waals surface area contributed by atoms with E-state index in [9.17, 15) is 9.59 Å². The van der Waals surface area contributed by atoms with Gasteiger partial charge in [0, 0.05) is 16.5 Å². The van der Waals surface area contributed by atoms with E-state index in [0.29, 0.717) is 15.7 Å². The maximum Gasteiger partial charge on any atom is 0.341 e.